The van der Waals surface area contributed by atoms with Crippen molar-refractivity contribution in [2.24, 2.45) is 5.84 Å². The maximum absolute atomic E-state index is 12.9. The highest BCUT2D eigenvalue weighted by Gasteiger charge is 2.10. The van der Waals surface area contributed by atoms with Crippen molar-refractivity contribution in [2.45, 2.75) is 26.7 Å². The predicted molar refractivity (Wildman–Crippen MR) is 78.3 cm³/mol. The van der Waals surface area contributed by atoms with Gasteiger partial charge in [0.2, 0.25) is 0 Å². The number of halogens is 1. The van der Waals surface area contributed by atoms with E-state index in [4.69, 9.17) is 5.84 Å². The van der Waals surface area contributed by atoms with Gasteiger partial charge in [-0.1, -0.05) is 6.92 Å². The molecule has 1 aromatic heterocycles. The highest BCUT2D eigenvalue weighted by atomic mass is 19.1. The maximum Gasteiger partial charge on any atom is 0.148 e. The third kappa shape index (κ3) is 3.21. The molecule has 2 aromatic rings. The third-order valence-corrected chi connectivity index (χ3v) is 2.91. The lowest BCUT2D eigenvalue weighted by Crippen LogP contribution is -2.14. The number of nitrogens with zero attached hydrogens (tertiary/aromatic N) is 2. The van der Waals surface area contributed by atoms with Crippen molar-refractivity contribution in [1.82, 2.24) is 9.97 Å². The largest absolute Gasteiger partial charge is 0.340 e. The molecule has 0 aliphatic rings. The van der Waals surface area contributed by atoms with Gasteiger partial charge in [0.25, 0.3) is 0 Å². The summed E-state index contributed by atoms with van der Waals surface area (Å²) in [5, 5.41) is 3.16. The molecule has 0 fully saturated rings. The van der Waals surface area contributed by atoms with Crippen LogP contribution < -0.4 is 16.6 Å². The average Bonchev–Trinajstić information content (AvgIpc) is 2.45. The first-order valence-corrected chi connectivity index (χ1v) is 6.50. The van der Waals surface area contributed by atoms with Crippen molar-refractivity contribution >= 4 is 17.3 Å². The van der Waals surface area contributed by atoms with Crippen molar-refractivity contribution in [3.63, 3.8) is 0 Å². The molecule has 2 rings (SSSR count). The molecular weight excluding hydrogens is 257 g/mol. The molecule has 0 spiro atoms. The molecule has 4 N–H and O–H groups in total. The zero-order chi connectivity index (χ0) is 14.5. The Morgan fingerprint density at radius 2 is 1.80 bits per heavy atom. The highest BCUT2D eigenvalue weighted by molar-refractivity contribution is 5.64. The fourth-order valence-corrected chi connectivity index (χ4v) is 1.83. The summed E-state index contributed by atoms with van der Waals surface area (Å²) in [4.78, 5) is 8.83. The molecule has 20 heavy (non-hydrogen) atoms. The van der Waals surface area contributed by atoms with E-state index >= 15 is 0 Å². The summed E-state index contributed by atoms with van der Waals surface area (Å²) in [6, 6.07) is 6.11. The molecular formula is C14H18FN5. The van der Waals surface area contributed by atoms with Gasteiger partial charge in [-0.3, -0.25) is 0 Å². The number of hydrazine groups is 1. The Morgan fingerprint density at radius 3 is 2.40 bits per heavy atom. The van der Waals surface area contributed by atoms with E-state index in [9.17, 15) is 4.39 Å². The summed E-state index contributed by atoms with van der Waals surface area (Å²) in [6.45, 7) is 3.93. The Kier molecular flexibility index (Phi) is 4.47. The minimum absolute atomic E-state index is 0.272. The van der Waals surface area contributed by atoms with Gasteiger partial charge in [0.05, 0.1) is 0 Å². The summed E-state index contributed by atoms with van der Waals surface area (Å²) in [5.74, 6) is 7.19. The van der Waals surface area contributed by atoms with Gasteiger partial charge in [0.1, 0.15) is 23.3 Å². The van der Waals surface area contributed by atoms with Crippen LogP contribution in [0.1, 0.15) is 24.7 Å². The van der Waals surface area contributed by atoms with E-state index in [0.29, 0.717) is 11.6 Å². The molecule has 106 valence electrons. The van der Waals surface area contributed by atoms with Crippen molar-refractivity contribution in [1.29, 1.82) is 0 Å². The Morgan fingerprint density at radius 1 is 1.15 bits per heavy atom. The molecule has 6 heteroatoms. The van der Waals surface area contributed by atoms with Crippen LogP contribution in [0.2, 0.25) is 0 Å². The zero-order valence-electron chi connectivity index (χ0n) is 11.6. The molecule has 1 aromatic carbocycles. The van der Waals surface area contributed by atoms with Crippen LogP contribution in [-0.4, -0.2) is 9.97 Å². The average molecular weight is 275 g/mol. The Labute approximate surface area is 117 Å². The van der Waals surface area contributed by atoms with E-state index in [1.54, 1.807) is 12.1 Å². The van der Waals surface area contributed by atoms with Gasteiger partial charge in [-0.05, 0) is 37.6 Å². The Hall–Kier alpha value is -2.21. The van der Waals surface area contributed by atoms with Gasteiger partial charge in [0, 0.05) is 17.7 Å². The van der Waals surface area contributed by atoms with E-state index in [1.165, 1.54) is 12.1 Å². The van der Waals surface area contributed by atoms with E-state index in [0.717, 1.165) is 29.9 Å². The number of nitrogens with one attached hydrogen (secondary N) is 2. The number of nitrogen functional groups attached to an aromatic ring is 1. The quantitative estimate of drug-likeness (QED) is 0.578. The molecule has 1 heterocycles. The number of benzene rings is 1. The standard InChI is InChI=1S/C14H18FN5/c1-3-4-12-18-13(9(2)14(19-12)20-16)17-11-7-5-10(15)6-8-11/h5-8H,3-4,16H2,1-2H3,(H2,17,18,19,20). The Balaban J connectivity index is 2.33. The minimum atomic E-state index is -0.272. The van der Waals surface area contributed by atoms with Gasteiger partial charge < -0.3 is 10.7 Å². The summed E-state index contributed by atoms with van der Waals surface area (Å²) in [6.07, 6.45) is 1.72. The van der Waals surface area contributed by atoms with Gasteiger partial charge >= 0.3 is 0 Å². The van der Waals surface area contributed by atoms with Crippen LogP contribution in [0.3, 0.4) is 0 Å². The smallest absolute Gasteiger partial charge is 0.148 e. The fourth-order valence-electron chi connectivity index (χ4n) is 1.83. The molecule has 0 atom stereocenters. The van der Waals surface area contributed by atoms with Crippen LogP contribution in [0.4, 0.5) is 21.7 Å². The highest BCUT2D eigenvalue weighted by Crippen LogP contribution is 2.23. The lowest BCUT2D eigenvalue weighted by molar-refractivity contribution is 0.628. The predicted octanol–water partition coefficient (Wildman–Crippen LogP) is 2.91. The molecule has 0 aliphatic heterocycles. The molecule has 0 radical (unpaired) electrons. The number of aromatic nitrogens is 2. The topological polar surface area (TPSA) is 75.9 Å². The summed E-state index contributed by atoms with van der Waals surface area (Å²) in [5.41, 5.74) is 4.16. The van der Waals surface area contributed by atoms with Gasteiger partial charge in [0.15, 0.2) is 0 Å². The van der Waals surface area contributed by atoms with E-state index in [1.807, 2.05) is 6.92 Å². The summed E-state index contributed by atoms with van der Waals surface area (Å²) < 4.78 is 12.9. The maximum atomic E-state index is 12.9. The van der Waals surface area contributed by atoms with E-state index < -0.39 is 0 Å². The molecule has 0 bridgehead atoms. The van der Waals surface area contributed by atoms with Crippen molar-refractivity contribution in [2.75, 3.05) is 10.7 Å². The lowest BCUT2D eigenvalue weighted by atomic mass is 10.2. The molecule has 0 saturated carbocycles. The second-order valence-electron chi connectivity index (χ2n) is 4.49. The van der Waals surface area contributed by atoms with E-state index in [2.05, 4.69) is 27.6 Å². The number of aryl methyl sites for hydroxylation is 1. The van der Waals surface area contributed by atoms with Crippen molar-refractivity contribution < 1.29 is 4.39 Å². The number of rotatable bonds is 5. The number of nitrogens with two attached hydrogens (primary N) is 1. The molecule has 5 nitrogen and oxygen atoms in total. The van der Waals surface area contributed by atoms with Crippen LogP contribution in [0.25, 0.3) is 0 Å². The SMILES string of the molecule is CCCc1nc(NN)c(C)c(Nc2ccc(F)cc2)n1. The van der Waals surface area contributed by atoms with Gasteiger partial charge in [-0.2, -0.15) is 0 Å². The first-order valence-electron chi connectivity index (χ1n) is 6.50. The van der Waals surface area contributed by atoms with Gasteiger partial charge in [-0.15, -0.1) is 0 Å². The first-order chi connectivity index (χ1) is 9.63. The van der Waals surface area contributed by atoms with Crippen LogP contribution in [0.5, 0.6) is 0 Å². The Bertz CT molecular complexity index is 583. The molecule has 0 amide bonds. The number of hydrogen-bond donors (Lipinski definition) is 3. The summed E-state index contributed by atoms with van der Waals surface area (Å²) in [7, 11) is 0. The van der Waals surface area contributed by atoms with Crippen LogP contribution in [0, 0.1) is 12.7 Å². The normalized spacial score (nSPS) is 10.4. The molecule has 0 saturated heterocycles. The second kappa shape index (κ2) is 6.29. The van der Waals surface area contributed by atoms with Gasteiger partial charge in [-0.25, -0.2) is 20.2 Å². The lowest BCUT2D eigenvalue weighted by Gasteiger charge is -2.13. The number of hydrogen-bond acceptors (Lipinski definition) is 5. The minimum Gasteiger partial charge on any atom is -0.340 e. The monoisotopic (exact) mass is 275 g/mol. The van der Waals surface area contributed by atoms with Crippen molar-refractivity contribution in [3.05, 3.63) is 41.5 Å². The fraction of sp³-hybridized carbons (Fsp3) is 0.286. The van der Waals surface area contributed by atoms with Crippen LogP contribution in [0.15, 0.2) is 24.3 Å². The van der Waals surface area contributed by atoms with E-state index in [-0.39, 0.29) is 5.82 Å². The zero-order valence-corrected chi connectivity index (χ0v) is 11.6. The second-order valence-corrected chi connectivity index (χ2v) is 4.49. The number of anilines is 3. The van der Waals surface area contributed by atoms with Crippen LogP contribution in [-0.2, 0) is 6.42 Å². The summed E-state index contributed by atoms with van der Waals surface area (Å²) >= 11 is 0. The first kappa shape index (κ1) is 14.2. The third-order valence-electron chi connectivity index (χ3n) is 2.91. The molecule has 0 unspecified atom stereocenters. The molecule has 0 aliphatic carbocycles. The van der Waals surface area contributed by atoms with Crippen LogP contribution >= 0.6 is 0 Å². The van der Waals surface area contributed by atoms with Crippen molar-refractivity contribution in [3.8, 4) is 0 Å².